The van der Waals surface area contributed by atoms with Gasteiger partial charge >= 0.3 is 0 Å². The summed E-state index contributed by atoms with van der Waals surface area (Å²) in [5.74, 6) is 3.23. The van der Waals surface area contributed by atoms with Gasteiger partial charge in [-0.2, -0.15) is 9.97 Å². The van der Waals surface area contributed by atoms with Crippen molar-refractivity contribution in [2.24, 2.45) is 0 Å². The van der Waals surface area contributed by atoms with E-state index in [0.29, 0.717) is 18.2 Å². The zero-order valence-electron chi connectivity index (χ0n) is 12.2. The highest BCUT2D eigenvalue weighted by Crippen LogP contribution is 2.18. The Balaban J connectivity index is 1.71. The number of hydrogen-bond acceptors (Lipinski definition) is 7. The lowest BCUT2D eigenvalue weighted by Crippen LogP contribution is -2.12. The number of rotatable bonds is 5. The molecule has 21 heavy (non-hydrogen) atoms. The molecule has 1 aliphatic rings. The normalized spacial score (nSPS) is 13.5. The second-order valence-electron chi connectivity index (χ2n) is 5.26. The summed E-state index contributed by atoms with van der Waals surface area (Å²) in [4.78, 5) is 8.20. The Bertz CT molecular complexity index is 637. The van der Waals surface area contributed by atoms with E-state index < -0.39 is 0 Å². The summed E-state index contributed by atoms with van der Waals surface area (Å²) in [5, 5.41) is 11.6. The van der Waals surface area contributed by atoms with Gasteiger partial charge in [-0.05, 0) is 20.3 Å². The van der Waals surface area contributed by atoms with E-state index in [1.165, 1.54) is 0 Å². The third-order valence-electron chi connectivity index (χ3n) is 3.19. The molecule has 8 heteroatoms. The molecule has 3 rings (SSSR count). The van der Waals surface area contributed by atoms with E-state index in [4.69, 9.17) is 10.5 Å². The van der Waals surface area contributed by atoms with Gasteiger partial charge in [0, 0.05) is 19.0 Å². The second-order valence-corrected chi connectivity index (χ2v) is 5.26. The number of nitrogens with zero attached hydrogens (tertiary/aromatic N) is 5. The molecular weight excluding hydrogens is 270 g/mol. The average Bonchev–Trinajstić information content (AvgIpc) is 2.97. The van der Waals surface area contributed by atoms with Gasteiger partial charge < -0.3 is 20.4 Å². The van der Waals surface area contributed by atoms with Crippen molar-refractivity contribution >= 4 is 11.8 Å². The summed E-state index contributed by atoms with van der Waals surface area (Å²) < 4.78 is 7.68. The van der Waals surface area contributed by atoms with Crippen LogP contribution in [0.2, 0.25) is 0 Å². The minimum atomic E-state index is 0.0342. The predicted octanol–water partition coefficient (Wildman–Crippen LogP) is 0.996. The van der Waals surface area contributed by atoms with Crippen molar-refractivity contribution in [3.63, 3.8) is 0 Å². The second kappa shape index (κ2) is 5.55. The van der Waals surface area contributed by atoms with Gasteiger partial charge in [0.1, 0.15) is 11.6 Å². The van der Waals surface area contributed by atoms with Gasteiger partial charge in [0.2, 0.25) is 11.8 Å². The van der Waals surface area contributed by atoms with Crippen molar-refractivity contribution in [2.45, 2.75) is 45.9 Å². The molecule has 0 amide bonds. The zero-order chi connectivity index (χ0) is 14.8. The fourth-order valence-electron chi connectivity index (χ4n) is 2.35. The molecule has 0 saturated carbocycles. The minimum Gasteiger partial charge on any atom is -0.475 e. The Kier molecular flexibility index (Phi) is 3.59. The lowest BCUT2D eigenvalue weighted by atomic mass is 10.4. The van der Waals surface area contributed by atoms with Crippen molar-refractivity contribution in [3.8, 4) is 5.88 Å². The number of nitrogens with one attached hydrogen (secondary N) is 1. The van der Waals surface area contributed by atoms with Crippen molar-refractivity contribution < 1.29 is 4.74 Å². The summed E-state index contributed by atoms with van der Waals surface area (Å²) in [5.41, 5.74) is 5.70. The predicted molar refractivity (Wildman–Crippen MR) is 77.9 cm³/mol. The smallest absolute Gasteiger partial charge is 0.225 e. The fraction of sp³-hybridized carbons (Fsp3) is 0.538. The van der Waals surface area contributed by atoms with Crippen molar-refractivity contribution in [2.75, 3.05) is 11.1 Å². The van der Waals surface area contributed by atoms with Gasteiger partial charge in [-0.3, -0.25) is 0 Å². The molecule has 0 aliphatic carbocycles. The van der Waals surface area contributed by atoms with Crippen molar-refractivity contribution in [3.05, 3.63) is 17.7 Å². The minimum absolute atomic E-state index is 0.0342. The van der Waals surface area contributed by atoms with Crippen LogP contribution in [0.3, 0.4) is 0 Å². The molecule has 0 radical (unpaired) electrons. The molecule has 2 aromatic heterocycles. The van der Waals surface area contributed by atoms with E-state index in [0.717, 1.165) is 31.0 Å². The quantitative estimate of drug-likeness (QED) is 0.846. The van der Waals surface area contributed by atoms with E-state index in [1.54, 1.807) is 6.07 Å². The Morgan fingerprint density at radius 3 is 3.05 bits per heavy atom. The Morgan fingerprint density at radius 2 is 2.24 bits per heavy atom. The van der Waals surface area contributed by atoms with Crippen LogP contribution in [-0.2, 0) is 19.5 Å². The van der Waals surface area contributed by atoms with Crippen LogP contribution in [0.1, 0.15) is 31.9 Å². The highest BCUT2D eigenvalue weighted by atomic mass is 16.5. The zero-order valence-corrected chi connectivity index (χ0v) is 12.2. The number of ether oxygens (including phenoxy) is 1. The largest absolute Gasteiger partial charge is 0.475 e. The summed E-state index contributed by atoms with van der Waals surface area (Å²) >= 11 is 0. The molecule has 0 spiro atoms. The molecule has 1 aliphatic heterocycles. The maximum atomic E-state index is 5.70. The molecule has 0 fully saturated rings. The molecule has 112 valence electrons. The number of aryl methyl sites for hydroxylation is 1. The SMILES string of the molecule is CC(C)Oc1cc(NCc2nnc3n2CCC3)nc(N)n1. The van der Waals surface area contributed by atoms with E-state index in [9.17, 15) is 0 Å². The lowest BCUT2D eigenvalue weighted by Gasteiger charge is -2.11. The Labute approximate surface area is 122 Å². The van der Waals surface area contributed by atoms with Gasteiger partial charge in [-0.25, -0.2) is 0 Å². The Hall–Kier alpha value is -2.38. The van der Waals surface area contributed by atoms with Crippen LogP contribution >= 0.6 is 0 Å². The van der Waals surface area contributed by atoms with E-state index in [2.05, 4.69) is 30.0 Å². The van der Waals surface area contributed by atoms with Crippen LogP contribution in [0, 0.1) is 0 Å². The number of nitrogens with two attached hydrogens (primary N) is 1. The van der Waals surface area contributed by atoms with E-state index >= 15 is 0 Å². The van der Waals surface area contributed by atoms with Crippen LogP contribution in [0.5, 0.6) is 5.88 Å². The first-order valence-electron chi connectivity index (χ1n) is 7.08. The third kappa shape index (κ3) is 3.04. The van der Waals surface area contributed by atoms with Crippen LogP contribution in [0.4, 0.5) is 11.8 Å². The third-order valence-corrected chi connectivity index (χ3v) is 3.19. The topological polar surface area (TPSA) is 104 Å². The molecule has 0 atom stereocenters. The maximum Gasteiger partial charge on any atom is 0.225 e. The molecule has 0 bridgehead atoms. The van der Waals surface area contributed by atoms with Crippen molar-refractivity contribution in [1.82, 2.24) is 24.7 Å². The van der Waals surface area contributed by atoms with Gasteiger partial charge in [0.25, 0.3) is 0 Å². The monoisotopic (exact) mass is 289 g/mol. The van der Waals surface area contributed by atoms with Crippen molar-refractivity contribution in [1.29, 1.82) is 0 Å². The first-order valence-corrected chi connectivity index (χ1v) is 7.08. The fourth-order valence-corrected chi connectivity index (χ4v) is 2.35. The first-order chi connectivity index (χ1) is 10.1. The van der Waals surface area contributed by atoms with E-state index in [1.807, 2.05) is 13.8 Å². The van der Waals surface area contributed by atoms with Crippen LogP contribution in [0.15, 0.2) is 6.07 Å². The molecule has 0 saturated heterocycles. The number of aromatic nitrogens is 5. The van der Waals surface area contributed by atoms with Gasteiger partial charge in [-0.15, -0.1) is 10.2 Å². The van der Waals surface area contributed by atoms with Gasteiger partial charge in [-0.1, -0.05) is 0 Å². The van der Waals surface area contributed by atoms with E-state index in [-0.39, 0.29) is 12.1 Å². The number of anilines is 2. The molecule has 3 heterocycles. The summed E-state index contributed by atoms with van der Waals surface area (Å²) in [6, 6.07) is 1.73. The summed E-state index contributed by atoms with van der Waals surface area (Å²) in [7, 11) is 0. The first kappa shape index (κ1) is 13.6. The molecule has 8 nitrogen and oxygen atoms in total. The highest BCUT2D eigenvalue weighted by Gasteiger charge is 2.17. The van der Waals surface area contributed by atoms with Crippen LogP contribution in [-0.4, -0.2) is 30.8 Å². The molecule has 0 unspecified atom stereocenters. The molecule has 0 aromatic carbocycles. The summed E-state index contributed by atoms with van der Waals surface area (Å²) in [6.07, 6.45) is 2.16. The standard InChI is InChI=1S/C13H19N7O/c1-8(2)21-12-6-9(16-13(14)17-12)15-7-11-19-18-10-4-3-5-20(10)11/h6,8H,3-5,7H2,1-2H3,(H3,14,15,16,17). The number of fused-ring (bicyclic) bond motifs is 1. The highest BCUT2D eigenvalue weighted by molar-refractivity contribution is 5.42. The van der Waals surface area contributed by atoms with Crippen LogP contribution < -0.4 is 15.8 Å². The Morgan fingerprint density at radius 1 is 1.38 bits per heavy atom. The van der Waals surface area contributed by atoms with Crippen LogP contribution in [0.25, 0.3) is 0 Å². The maximum absolute atomic E-state index is 5.70. The number of nitrogen functional groups attached to an aromatic ring is 1. The van der Waals surface area contributed by atoms with Gasteiger partial charge in [0.05, 0.1) is 12.6 Å². The number of hydrogen-bond donors (Lipinski definition) is 2. The molecule has 3 N–H and O–H groups in total. The summed E-state index contributed by atoms with van der Waals surface area (Å²) in [6.45, 7) is 5.40. The van der Waals surface area contributed by atoms with Gasteiger partial charge in [0.15, 0.2) is 5.82 Å². The average molecular weight is 289 g/mol. The molecular formula is C13H19N7O. The molecule has 2 aromatic rings. The lowest BCUT2D eigenvalue weighted by molar-refractivity contribution is 0.233.